The molecule has 0 amide bonds. The maximum atomic E-state index is 12.5. The summed E-state index contributed by atoms with van der Waals surface area (Å²) in [6, 6.07) is 0. The van der Waals surface area contributed by atoms with Gasteiger partial charge in [0.1, 0.15) is 0 Å². The molecule has 0 spiro atoms. The van der Waals surface area contributed by atoms with Crippen molar-refractivity contribution < 1.29 is 9.90 Å². The average molecular weight is 476 g/mol. The van der Waals surface area contributed by atoms with Gasteiger partial charge < -0.3 is 10.0 Å². The molecule has 5 aliphatic carbocycles. The van der Waals surface area contributed by atoms with Gasteiger partial charge in [0.2, 0.25) is 5.95 Å². The maximum Gasteiger partial charge on any atom is 0.310 e. The first kappa shape index (κ1) is 22.3. The van der Waals surface area contributed by atoms with Crippen molar-refractivity contribution in [3.8, 4) is 0 Å². The smallest absolute Gasteiger partial charge is 0.310 e. The topological polar surface area (TPSA) is 66.3 Å². The normalized spacial score (nSPS) is 40.3. The molecule has 35 heavy (non-hydrogen) atoms. The lowest BCUT2D eigenvalue weighted by Crippen LogP contribution is -2.51. The van der Waals surface area contributed by atoms with Crippen LogP contribution in [-0.4, -0.2) is 34.1 Å². The van der Waals surface area contributed by atoms with Crippen LogP contribution in [0.15, 0.2) is 17.8 Å². The second kappa shape index (κ2) is 8.59. The van der Waals surface area contributed by atoms with Crippen LogP contribution in [0.1, 0.15) is 88.3 Å². The van der Waals surface area contributed by atoms with E-state index < -0.39 is 11.4 Å². The molecule has 1 saturated heterocycles. The van der Waals surface area contributed by atoms with Gasteiger partial charge >= 0.3 is 5.97 Å². The van der Waals surface area contributed by atoms with Gasteiger partial charge in [-0.05, 0) is 118 Å². The van der Waals surface area contributed by atoms with E-state index in [9.17, 15) is 9.90 Å². The third-order valence-electron chi connectivity index (χ3n) is 11.4. The Labute approximate surface area is 209 Å². The van der Waals surface area contributed by atoms with Crippen molar-refractivity contribution in [3.05, 3.63) is 29.1 Å². The van der Waals surface area contributed by atoms with Gasteiger partial charge in [0.15, 0.2) is 0 Å². The van der Waals surface area contributed by atoms with E-state index in [0.29, 0.717) is 11.8 Å². The number of carboxylic acid groups (broad SMARTS) is 1. The van der Waals surface area contributed by atoms with Crippen LogP contribution in [0.4, 0.5) is 5.95 Å². The first-order chi connectivity index (χ1) is 17.1. The van der Waals surface area contributed by atoms with E-state index in [1.54, 1.807) is 5.57 Å². The summed E-state index contributed by atoms with van der Waals surface area (Å²) in [6.07, 6.45) is 21.0. The Morgan fingerprint density at radius 2 is 1.83 bits per heavy atom. The molecule has 1 N–H and O–H groups in total. The van der Waals surface area contributed by atoms with Crippen molar-refractivity contribution in [1.29, 1.82) is 0 Å². The van der Waals surface area contributed by atoms with E-state index in [2.05, 4.69) is 17.2 Å². The van der Waals surface area contributed by atoms with Crippen molar-refractivity contribution in [2.75, 3.05) is 18.0 Å². The van der Waals surface area contributed by atoms with Crippen LogP contribution in [0.3, 0.4) is 0 Å². The Morgan fingerprint density at radius 3 is 2.69 bits per heavy atom. The summed E-state index contributed by atoms with van der Waals surface area (Å²) >= 11 is 0. The Morgan fingerprint density at radius 1 is 0.943 bits per heavy atom. The van der Waals surface area contributed by atoms with Crippen LogP contribution in [0.5, 0.6) is 0 Å². The van der Waals surface area contributed by atoms with Gasteiger partial charge in [0.25, 0.3) is 0 Å². The molecular weight excluding hydrogens is 434 g/mol. The van der Waals surface area contributed by atoms with Gasteiger partial charge in [-0.3, -0.25) is 4.79 Å². The molecule has 1 aromatic rings. The first-order valence-corrected chi connectivity index (χ1v) is 14.7. The summed E-state index contributed by atoms with van der Waals surface area (Å²) < 4.78 is 0. The second-order valence-electron chi connectivity index (χ2n) is 12.8. The van der Waals surface area contributed by atoms with Gasteiger partial charge in [0.05, 0.1) is 5.41 Å². The average Bonchev–Trinajstić information content (AvgIpc) is 2.91. The van der Waals surface area contributed by atoms with Crippen LogP contribution >= 0.6 is 0 Å². The largest absolute Gasteiger partial charge is 0.481 e. The third kappa shape index (κ3) is 3.50. The summed E-state index contributed by atoms with van der Waals surface area (Å²) in [7, 11) is 0. The van der Waals surface area contributed by atoms with E-state index in [1.807, 2.05) is 0 Å². The summed E-state index contributed by atoms with van der Waals surface area (Å²) in [5.74, 6) is 4.44. The Kier molecular flexibility index (Phi) is 5.47. The minimum atomic E-state index is -0.514. The van der Waals surface area contributed by atoms with Crippen LogP contribution < -0.4 is 4.90 Å². The highest BCUT2D eigenvalue weighted by Crippen LogP contribution is 2.61. The van der Waals surface area contributed by atoms with Crippen LogP contribution in [0.25, 0.3) is 0 Å². The number of allylic oxidation sites excluding steroid dienone is 2. The van der Waals surface area contributed by atoms with E-state index in [0.717, 1.165) is 87.7 Å². The summed E-state index contributed by atoms with van der Waals surface area (Å²) in [6.45, 7) is 2.21. The first-order valence-electron chi connectivity index (χ1n) is 14.7. The summed E-state index contributed by atoms with van der Waals surface area (Å²) in [5, 5.41) is 10.3. The number of aromatic nitrogens is 2. The number of aliphatic carboxylic acids is 1. The van der Waals surface area contributed by atoms with Crippen molar-refractivity contribution in [3.63, 3.8) is 0 Å². The molecule has 5 nitrogen and oxygen atoms in total. The number of piperidine rings is 1. The number of hydrogen-bond donors (Lipinski definition) is 1. The minimum absolute atomic E-state index is 0.305. The molecule has 6 aliphatic rings. The Bertz CT molecular complexity index is 1030. The number of nitrogens with zero attached hydrogens (tertiary/aromatic N) is 3. The zero-order valence-corrected chi connectivity index (χ0v) is 21.1. The lowest BCUT2D eigenvalue weighted by atomic mass is 9.48. The number of anilines is 1. The molecule has 4 fully saturated rings. The number of rotatable bonds is 2. The Balaban J connectivity index is 1.14. The standard InChI is InChI=1S/C30H41N3O2/c34-28(35)30-12-3-2-6-26(30)24-10-9-22-21(23(24)11-13-30)8-7-19-17-27-20(16-25(19)22)18-31-29(32-27)33-14-4-1-5-15-33/h10,18-19,21-23,25-26H,1-9,11-17H2,(H,34,35). The molecule has 7 unspecified atom stereocenters. The zero-order chi connectivity index (χ0) is 23.6. The van der Waals surface area contributed by atoms with Crippen LogP contribution in [-0.2, 0) is 17.6 Å². The fourth-order valence-corrected chi connectivity index (χ4v) is 9.70. The van der Waals surface area contributed by atoms with Gasteiger partial charge in [0, 0.05) is 25.0 Å². The number of hydrogen-bond acceptors (Lipinski definition) is 4. The van der Waals surface area contributed by atoms with Crippen molar-refractivity contribution in [1.82, 2.24) is 9.97 Å². The molecule has 3 saturated carbocycles. The molecule has 0 radical (unpaired) electrons. The monoisotopic (exact) mass is 475 g/mol. The van der Waals surface area contributed by atoms with Crippen molar-refractivity contribution in [2.24, 2.45) is 40.9 Å². The van der Waals surface area contributed by atoms with Crippen LogP contribution in [0, 0.1) is 40.9 Å². The molecule has 7 rings (SSSR count). The maximum absolute atomic E-state index is 12.5. The highest BCUT2D eigenvalue weighted by atomic mass is 16.4. The van der Waals surface area contributed by atoms with Gasteiger partial charge in [-0.1, -0.05) is 24.5 Å². The van der Waals surface area contributed by atoms with E-state index in [1.165, 1.54) is 56.2 Å². The number of carbonyl (C=O) groups is 1. The molecule has 7 atom stereocenters. The highest BCUT2D eigenvalue weighted by molar-refractivity contribution is 5.76. The fourth-order valence-electron chi connectivity index (χ4n) is 9.70. The Hall–Kier alpha value is -1.91. The quantitative estimate of drug-likeness (QED) is 0.546. The summed E-state index contributed by atoms with van der Waals surface area (Å²) in [4.78, 5) is 24.8. The zero-order valence-electron chi connectivity index (χ0n) is 21.1. The SMILES string of the molecule is O=C(O)C12CCCCC1C1=CCC3C4Cc5cnc(N6CCCCC6)nc5CC4CCC3C1CC2. The third-order valence-corrected chi connectivity index (χ3v) is 11.4. The van der Waals surface area contributed by atoms with E-state index >= 15 is 0 Å². The second-order valence-corrected chi connectivity index (χ2v) is 12.8. The molecule has 0 bridgehead atoms. The summed E-state index contributed by atoms with van der Waals surface area (Å²) in [5.41, 5.74) is 3.85. The number of carboxylic acids is 1. The molecule has 0 aromatic carbocycles. The predicted octanol–water partition coefficient (Wildman–Crippen LogP) is 5.83. The van der Waals surface area contributed by atoms with E-state index in [-0.39, 0.29) is 0 Å². The van der Waals surface area contributed by atoms with Gasteiger partial charge in [-0.2, -0.15) is 0 Å². The predicted molar refractivity (Wildman–Crippen MR) is 136 cm³/mol. The number of fused-ring (bicyclic) bond motifs is 8. The van der Waals surface area contributed by atoms with E-state index in [4.69, 9.17) is 9.97 Å². The van der Waals surface area contributed by atoms with Gasteiger partial charge in [-0.25, -0.2) is 9.97 Å². The molecule has 1 aliphatic heterocycles. The highest BCUT2D eigenvalue weighted by Gasteiger charge is 2.56. The molecule has 1 aromatic heterocycles. The van der Waals surface area contributed by atoms with Crippen LogP contribution in [0.2, 0.25) is 0 Å². The van der Waals surface area contributed by atoms with Crippen molar-refractivity contribution >= 4 is 11.9 Å². The molecule has 2 heterocycles. The molecular formula is C30H41N3O2. The lowest BCUT2D eigenvalue weighted by molar-refractivity contribution is -0.157. The van der Waals surface area contributed by atoms with Crippen molar-refractivity contribution in [2.45, 2.75) is 89.9 Å². The molecule has 188 valence electrons. The fraction of sp³-hybridized carbons (Fsp3) is 0.767. The van der Waals surface area contributed by atoms with Gasteiger partial charge in [-0.15, -0.1) is 0 Å². The molecule has 5 heteroatoms. The lowest BCUT2D eigenvalue weighted by Gasteiger charge is -2.56. The minimum Gasteiger partial charge on any atom is -0.481 e.